The smallest absolute Gasteiger partial charge is 0.292 e. The van der Waals surface area contributed by atoms with Crippen LogP contribution in [0, 0.1) is 17.0 Å². The van der Waals surface area contributed by atoms with Gasteiger partial charge in [0.25, 0.3) is 5.69 Å². The second kappa shape index (κ2) is 6.31. The van der Waals surface area contributed by atoms with E-state index in [2.05, 4.69) is 5.32 Å². The second-order valence-electron chi connectivity index (χ2n) is 4.49. The second-order valence-corrected chi connectivity index (χ2v) is 4.49. The average Bonchev–Trinajstić information content (AvgIpc) is 2.36. The van der Waals surface area contributed by atoms with E-state index >= 15 is 0 Å². The third-order valence-electron chi connectivity index (χ3n) is 2.77. The van der Waals surface area contributed by atoms with Crippen LogP contribution in [0.3, 0.4) is 0 Å². The van der Waals surface area contributed by atoms with Gasteiger partial charge in [-0.3, -0.25) is 14.9 Å². The highest BCUT2D eigenvalue weighted by Crippen LogP contribution is 2.32. The summed E-state index contributed by atoms with van der Waals surface area (Å²) in [6, 6.07) is 2.75. The third-order valence-corrected chi connectivity index (χ3v) is 2.77. The molecular weight excluding hydrogens is 266 g/mol. The van der Waals surface area contributed by atoms with Gasteiger partial charge in [0.15, 0.2) is 0 Å². The zero-order valence-electron chi connectivity index (χ0n) is 11.2. The van der Waals surface area contributed by atoms with E-state index < -0.39 is 17.1 Å². The molecule has 0 aromatic heterocycles. The van der Waals surface area contributed by atoms with Crippen LogP contribution in [-0.4, -0.2) is 33.7 Å². The third kappa shape index (κ3) is 3.65. The van der Waals surface area contributed by atoms with Gasteiger partial charge in [-0.05, 0) is 12.5 Å². The molecule has 0 radical (unpaired) electrons. The molecule has 110 valence electrons. The Kier molecular flexibility index (Phi) is 5.00. The highest BCUT2D eigenvalue weighted by Gasteiger charge is 2.25. The summed E-state index contributed by atoms with van der Waals surface area (Å²) in [4.78, 5) is 21.0. The van der Waals surface area contributed by atoms with Crippen LogP contribution in [0.2, 0.25) is 0 Å². The Morgan fingerprint density at radius 2 is 2.10 bits per heavy atom. The normalized spacial score (nSPS) is 13.6. The van der Waals surface area contributed by atoms with Crippen LogP contribution in [0.15, 0.2) is 12.1 Å². The van der Waals surface area contributed by atoms with Crippen molar-refractivity contribution in [1.29, 1.82) is 0 Å². The number of aryl methyl sites for hydroxylation is 1. The predicted molar refractivity (Wildman–Crippen MR) is 71.9 cm³/mol. The number of hydrogen-bond acceptors (Lipinski definition) is 6. The van der Waals surface area contributed by atoms with E-state index in [0.717, 1.165) is 0 Å². The number of anilines is 1. The minimum atomic E-state index is -1.43. The summed E-state index contributed by atoms with van der Waals surface area (Å²) in [5.41, 5.74) is 5.72. The summed E-state index contributed by atoms with van der Waals surface area (Å²) in [5, 5.41) is 33.0. The molecule has 0 bridgehead atoms. The van der Waals surface area contributed by atoms with Crippen LogP contribution in [-0.2, 0) is 4.79 Å². The Hall–Kier alpha value is -2.19. The lowest BCUT2D eigenvalue weighted by atomic mass is 9.99. The maximum Gasteiger partial charge on any atom is 0.292 e. The molecule has 8 heteroatoms. The molecule has 8 nitrogen and oxygen atoms in total. The van der Waals surface area contributed by atoms with Crippen molar-refractivity contribution >= 4 is 17.3 Å². The van der Waals surface area contributed by atoms with E-state index in [0.29, 0.717) is 5.56 Å². The Morgan fingerprint density at radius 1 is 1.50 bits per heavy atom. The van der Waals surface area contributed by atoms with Crippen molar-refractivity contribution in [3.8, 4) is 0 Å². The number of carbonyl (C=O) groups is 1. The highest BCUT2D eigenvalue weighted by atomic mass is 16.6. The van der Waals surface area contributed by atoms with Crippen molar-refractivity contribution in [1.82, 2.24) is 5.32 Å². The fourth-order valence-corrected chi connectivity index (χ4v) is 1.77. The molecule has 2 unspecified atom stereocenters. The molecule has 0 saturated carbocycles. The van der Waals surface area contributed by atoms with Gasteiger partial charge in [-0.25, -0.2) is 0 Å². The molecular formula is C12H17N3O5. The number of nitro benzene ring substituents is 1. The average molecular weight is 283 g/mol. The van der Waals surface area contributed by atoms with Crippen LogP contribution >= 0.6 is 0 Å². The summed E-state index contributed by atoms with van der Waals surface area (Å²) in [5.74, 6) is -0.362. The quantitative estimate of drug-likeness (QED) is 0.341. The van der Waals surface area contributed by atoms with Gasteiger partial charge in [-0.1, -0.05) is 6.07 Å². The molecule has 0 fully saturated rings. The first-order valence-electron chi connectivity index (χ1n) is 5.89. The monoisotopic (exact) mass is 283 g/mol. The summed E-state index contributed by atoms with van der Waals surface area (Å²) >= 11 is 0. The molecule has 0 aliphatic heterocycles. The van der Waals surface area contributed by atoms with Gasteiger partial charge in [0.1, 0.15) is 17.9 Å². The Balaban J connectivity index is 3.06. The number of benzene rings is 1. The lowest BCUT2D eigenvalue weighted by Crippen LogP contribution is -2.34. The number of hydrogen-bond donors (Lipinski definition) is 4. The maximum atomic E-state index is 10.9. The predicted octanol–water partition coefficient (Wildman–Crippen LogP) is 0.0158. The fourth-order valence-electron chi connectivity index (χ4n) is 1.77. The van der Waals surface area contributed by atoms with E-state index in [1.54, 1.807) is 6.92 Å². The molecule has 1 amide bonds. The first-order valence-corrected chi connectivity index (χ1v) is 5.89. The maximum absolute atomic E-state index is 10.9. The first kappa shape index (κ1) is 15.9. The van der Waals surface area contributed by atoms with Gasteiger partial charge >= 0.3 is 0 Å². The Labute approximate surface area is 115 Å². The van der Waals surface area contributed by atoms with E-state index in [-0.39, 0.29) is 29.4 Å². The SMILES string of the molecule is CC(=O)NCC(O)C(O)c1cc(C)cc([N+](=O)[O-])c1N. The lowest BCUT2D eigenvalue weighted by Gasteiger charge is -2.20. The number of nitrogens with zero attached hydrogens (tertiary/aromatic N) is 1. The van der Waals surface area contributed by atoms with Gasteiger partial charge in [0.2, 0.25) is 5.91 Å². The van der Waals surface area contributed by atoms with Crippen LogP contribution in [0.4, 0.5) is 11.4 Å². The number of rotatable bonds is 5. The molecule has 1 rings (SSSR count). The van der Waals surface area contributed by atoms with Crippen LogP contribution in [0.25, 0.3) is 0 Å². The van der Waals surface area contributed by atoms with E-state index in [4.69, 9.17) is 5.73 Å². The fraction of sp³-hybridized carbons (Fsp3) is 0.417. The standard InChI is InChI=1S/C12H17N3O5/c1-6-3-8(11(13)9(4-6)15(19)20)12(18)10(17)5-14-7(2)16/h3-4,10,12,17-18H,5,13H2,1-2H3,(H,14,16). The lowest BCUT2D eigenvalue weighted by molar-refractivity contribution is -0.384. The van der Waals surface area contributed by atoms with E-state index in [1.807, 2.05) is 0 Å². The summed E-state index contributed by atoms with van der Waals surface area (Å²) in [6.45, 7) is 2.70. The number of aliphatic hydroxyl groups excluding tert-OH is 2. The van der Waals surface area contributed by atoms with Crippen LogP contribution < -0.4 is 11.1 Å². The zero-order chi connectivity index (χ0) is 15.4. The van der Waals surface area contributed by atoms with Crippen molar-refractivity contribution in [2.75, 3.05) is 12.3 Å². The number of amides is 1. The van der Waals surface area contributed by atoms with Gasteiger partial charge in [-0.2, -0.15) is 0 Å². The minimum absolute atomic E-state index is 0.0644. The molecule has 0 saturated heterocycles. The number of aliphatic hydroxyl groups is 2. The molecule has 0 spiro atoms. The zero-order valence-corrected chi connectivity index (χ0v) is 11.2. The van der Waals surface area contributed by atoms with Crippen LogP contribution in [0.1, 0.15) is 24.2 Å². The Morgan fingerprint density at radius 3 is 2.60 bits per heavy atom. The molecule has 0 heterocycles. The topological polar surface area (TPSA) is 139 Å². The molecule has 1 aromatic rings. The van der Waals surface area contributed by atoms with E-state index in [1.165, 1.54) is 19.1 Å². The summed E-state index contributed by atoms with van der Waals surface area (Å²) in [6.07, 6.45) is -2.75. The largest absolute Gasteiger partial charge is 0.393 e. The molecule has 20 heavy (non-hydrogen) atoms. The van der Waals surface area contributed by atoms with Gasteiger partial charge in [0.05, 0.1) is 4.92 Å². The van der Waals surface area contributed by atoms with Gasteiger partial charge in [-0.15, -0.1) is 0 Å². The van der Waals surface area contributed by atoms with Crippen molar-refractivity contribution in [2.24, 2.45) is 0 Å². The number of nitro groups is 1. The molecule has 0 aliphatic rings. The van der Waals surface area contributed by atoms with Crippen molar-refractivity contribution in [3.63, 3.8) is 0 Å². The number of carbonyl (C=O) groups excluding carboxylic acids is 1. The minimum Gasteiger partial charge on any atom is -0.393 e. The molecule has 1 aromatic carbocycles. The van der Waals surface area contributed by atoms with Crippen molar-refractivity contribution < 1.29 is 19.9 Å². The number of nitrogens with one attached hydrogen (secondary N) is 1. The van der Waals surface area contributed by atoms with Crippen LogP contribution in [0.5, 0.6) is 0 Å². The molecule has 2 atom stereocenters. The number of nitrogen functional groups attached to an aromatic ring is 1. The van der Waals surface area contributed by atoms with Crippen molar-refractivity contribution in [2.45, 2.75) is 26.1 Å². The van der Waals surface area contributed by atoms with Crippen molar-refractivity contribution in [3.05, 3.63) is 33.4 Å². The Bertz CT molecular complexity index is 532. The molecule has 5 N–H and O–H groups in total. The van der Waals surface area contributed by atoms with Gasteiger partial charge in [0, 0.05) is 25.1 Å². The highest BCUT2D eigenvalue weighted by molar-refractivity contribution is 5.72. The molecule has 0 aliphatic carbocycles. The van der Waals surface area contributed by atoms with Gasteiger partial charge < -0.3 is 21.3 Å². The summed E-state index contributed by atoms with van der Waals surface area (Å²) < 4.78 is 0. The number of nitrogens with two attached hydrogens (primary N) is 1. The first-order chi connectivity index (χ1) is 9.23. The summed E-state index contributed by atoms with van der Waals surface area (Å²) in [7, 11) is 0. The van der Waals surface area contributed by atoms with E-state index in [9.17, 15) is 25.1 Å².